The second-order valence-electron chi connectivity index (χ2n) is 10.4. The Morgan fingerprint density at radius 2 is 1.92 bits per heavy atom. The molecule has 6 nitrogen and oxygen atoms in total. The summed E-state index contributed by atoms with van der Waals surface area (Å²) >= 11 is 0. The highest BCUT2D eigenvalue weighted by atomic mass is 16.5. The molecule has 0 aromatic heterocycles. The molecule has 0 spiro atoms. The average molecular weight is 493 g/mol. The summed E-state index contributed by atoms with van der Waals surface area (Å²) in [4.78, 5) is 15.3. The van der Waals surface area contributed by atoms with Crippen LogP contribution in [0.3, 0.4) is 0 Å². The summed E-state index contributed by atoms with van der Waals surface area (Å²) in [5.41, 5.74) is 5.19. The van der Waals surface area contributed by atoms with Gasteiger partial charge in [0.05, 0.1) is 32.0 Å². The van der Waals surface area contributed by atoms with Crippen LogP contribution in [-0.2, 0) is 33.5 Å². The average Bonchev–Trinajstić information content (AvgIpc) is 3.26. The maximum absolute atomic E-state index is 11.8. The van der Waals surface area contributed by atoms with Gasteiger partial charge in [0.15, 0.2) is 5.69 Å². The van der Waals surface area contributed by atoms with Crippen LogP contribution >= 0.6 is 0 Å². The molecular formula is C30H40N2O4. The van der Waals surface area contributed by atoms with E-state index in [0.29, 0.717) is 31.2 Å². The molecule has 1 aliphatic rings. The molecule has 36 heavy (non-hydrogen) atoms. The quantitative estimate of drug-likeness (QED) is 0.292. The number of β-amino-alcohol motifs (C(OH)–C–C–N with tert-alkyl or cyclic N) is 1. The van der Waals surface area contributed by atoms with Gasteiger partial charge in [-0.3, -0.25) is 4.79 Å². The predicted molar refractivity (Wildman–Crippen MR) is 142 cm³/mol. The minimum absolute atomic E-state index is 0.0881. The summed E-state index contributed by atoms with van der Waals surface area (Å²) in [6, 6.07) is 14.1. The number of hydrogen-bond donors (Lipinski definition) is 2. The monoisotopic (exact) mass is 492 g/mol. The van der Waals surface area contributed by atoms with Gasteiger partial charge in [-0.25, -0.2) is 4.85 Å². The Balaban J connectivity index is 1.48. The number of rotatable bonds is 13. The molecule has 0 fully saturated rings. The van der Waals surface area contributed by atoms with Crippen molar-refractivity contribution < 1.29 is 19.4 Å². The maximum Gasteiger partial charge on any atom is 0.306 e. The molecule has 0 unspecified atom stereocenters. The number of aryl methyl sites for hydroxylation is 1. The third-order valence-corrected chi connectivity index (χ3v) is 6.89. The molecule has 194 valence electrons. The summed E-state index contributed by atoms with van der Waals surface area (Å²) in [5, 5.41) is 14.1. The van der Waals surface area contributed by atoms with Gasteiger partial charge in [0.25, 0.3) is 0 Å². The first-order valence-corrected chi connectivity index (χ1v) is 13.0. The number of nitrogens with one attached hydrogen (secondary N) is 1. The SMILES string of the molecule is [C-]#[N+]c1ccc([C@@H](C)OC[C@H](O)CNC(C)(C)CC2Cc3ccccc3C2)c(CCC(=O)OCC)c1. The Bertz CT molecular complexity index is 1030. The van der Waals surface area contributed by atoms with Crippen LogP contribution in [0.1, 0.15) is 68.9 Å². The zero-order valence-corrected chi connectivity index (χ0v) is 22.0. The minimum atomic E-state index is -0.641. The van der Waals surface area contributed by atoms with Gasteiger partial charge in [-0.1, -0.05) is 48.0 Å². The van der Waals surface area contributed by atoms with E-state index in [2.05, 4.69) is 48.3 Å². The highest BCUT2D eigenvalue weighted by Gasteiger charge is 2.28. The van der Waals surface area contributed by atoms with E-state index in [0.717, 1.165) is 30.4 Å². The number of carbonyl (C=O) groups is 1. The van der Waals surface area contributed by atoms with Crippen LogP contribution < -0.4 is 5.32 Å². The van der Waals surface area contributed by atoms with Crippen LogP contribution in [0, 0.1) is 12.5 Å². The zero-order valence-electron chi connectivity index (χ0n) is 22.0. The van der Waals surface area contributed by atoms with E-state index in [1.807, 2.05) is 19.1 Å². The van der Waals surface area contributed by atoms with Gasteiger partial charge in [-0.15, -0.1) is 0 Å². The van der Waals surface area contributed by atoms with Crippen LogP contribution in [0.15, 0.2) is 42.5 Å². The number of nitrogens with zero attached hydrogens (tertiary/aromatic N) is 1. The summed E-state index contributed by atoms with van der Waals surface area (Å²) < 4.78 is 11.1. The third-order valence-electron chi connectivity index (χ3n) is 6.89. The number of benzene rings is 2. The highest BCUT2D eigenvalue weighted by molar-refractivity contribution is 5.70. The Morgan fingerprint density at radius 1 is 1.22 bits per heavy atom. The molecule has 3 rings (SSSR count). The van der Waals surface area contributed by atoms with E-state index >= 15 is 0 Å². The van der Waals surface area contributed by atoms with Gasteiger partial charge >= 0.3 is 5.97 Å². The van der Waals surface area contributed by atoms with Crippen molar-refractivity contribution in [2.45, 2.75) is 77.5 Å². The smallest absolute Gasteiger partial charge is 0.306 e. The van der Waals surface area contributed by atoms with Crippen molar-refractivity contribution >= 4 is 11.7 Å². The molecule has 0 amide bonds. The van der Waals surface area contributed by atoms with Crippen LogP contribution in [0.5, 0.6) is 0 Å². The largest absolute Gasteiger partial charge is 0.466 e. The van der Waals surface area contributed by atoms with Gasteiger partial charge in [0.1, 0.15) is 0 Å². The third kappa shape index (κ3) is 8.16. The Kier molecular flexibility index (Phi) is 10.1. The van der Waals surface area contributed by atoms with Gasteiger partial charge < -0.3 is 19.9 Å². The van der Waals surface area contributed by atoms with Crippen molar-refractivity contribution in [3.8, 4) is 0 Å². The van der Waals surface area contributed by atoms with Crippen LogP contribution in [0.2, 0.25) is 0 Å². The first-order valence-electron chi connectivity index (χ1n) is 13.0. The second kappa shape index (κ2) is 13.0. The van der Waals surface area contributed by atoms with E-state index in [1.165, 1.54) is 11.1 Å². The first-order chi connectivity index (χ1) is 17.2. The maximum atomic E-state index is 11.8. The van der Waals surface area contributed by atoms with Gasteiger partial charge in [-0.2, -0.15) is 0 Å². The van der Waals surface area contributed by atoms with Crippen molar-refractivity contribution in [1.82, 2.24) is 5.32 Å². The second-order valence-corrected chi connectivity index (χ2v) is 10.4. The molecule has 2 N–H and O–H groups in total. The van der Waals surface area contributed by atoms with Gasteiger partial charge in [-0.05, 0) is 76.0 Å². The Hall–Kier alpha value is -2.72. The van der Waals surface area contributed by atoms with E-state index in [-0.39, 0.29) is 30.6 Å². The fourth-order valence-electron chi connectivity index (χ4n) is 5.13. The number of hydrogen-bond acceptors (Lipinski definition) is 5. The normalized spacial score (nSPS) is 15.2. The lowest BCUT2D eigenvalue weighted by Gasteiger charge is -2.31. The molecule has 2 aromatic rings. The van der Waals surface area contributed by atoms with Crippen LogP contribution in [-0.4, -0.2) is 42.5 Å². The van der Waals surface area contributed by atoms with Gasteiger partial charge in [0.2, 0.25) is 0 Å². The molecule has 0 heterocycles. The van der Waals surface area contributed by atoms with Crippen molar-refractivity contribution in [3.63, 3.8) is 0 Å². The van der Waals surface area contributed by atoms with E-state index in [9.17, 15) is 9.90 Å². The van der Waals surface area contributed by atoms with Crippen molar-refractivity contribution in [2.24, 2.45) is 5.92 Å². The van der Waals surface area contributed by atoms with Crippen LogP contribution in [0.25, 0.3) is 4.85 Å². The Labute approximate surface area is 215 Å². The molecule has 6 heteroatoms. The summed E-state index contributed by atoms with van der Waals surface area (Å²) in [6.45, 7) is 16.4. The predicted octanol–water partition coefficient (Wildman–Crippen LogP) is 5.34. The fourth-order valence-corrected chi connectivity index (χ4v) is 5.13. The lowest BCUT2D eigenvalue weighted by molar-refractivity contribution is -0.143. The fraction of sp³-hybridized carbons (Fsp3) is 0.533. The number of aliphatic hydroxyl groups is 1. The van der Waals surface area contributed by atoms with Crippen LogP contribution in [0.4, 0.5) is 5.69 Å². The summed E-state index contributed by atoms with van der Waals surface area (Å²) in [5.74, 6) is 0.362. The molecule has 2 aromatic carbocycles. The molecule has 2 atom stereocenters. The molecule has 0 saturated heterocycles. The Morgan fingerprint density at radius 3 is 2.56 bits per heavy atom. The molecule has 0 bridgehead atoms. The highest BCUT2D eigenvalue weighted by Crippen LogP contribution is 2.32. The molecular weight excluding hydrogens is 452 g/mol. The molecule has 0 saturated carbocycles. The van der Waals surface area contributed by atoms with Crippen molar-refractivity contribution in [2.75, 3.05) is 19.8 Å². The lowest BCUT2D eigenvalue weighted by Crippen LogP contribution is -2.45. The molecule has 1 aliphatic carbocycles. The number of fused-ring (bicyclic) bond motifs is 1. The first kappa shape index (κ1) is 27.9. The molecule has 0 radical (unpaired) electrons. The number of ether oxygens (including phenoxy) is 2. The minimum Gasteiger partial charge on any atom is -0.466 e. The van der Waals surface area contributed by atoms with E-state index < -0.39 is 6.10 Å². The van der Waals surface area contributed by atoms with Crippen molar-refractivity contribution in [3.05, 3.63) is 76.1 Å². The standard InChI is InChI=1S/C30H40N2O4/c1-6-35-29(34)14-11-25-17-26(31-5)12-13-28(25)21(2)36-20-27(33)19-32-30(3,4)18-22-15-23-9-7-8-10-24(23)16-22/h7-10,12-13,17,21-22,27,32-33H,6,11,14-16,18-20H2,1-4H3/t21-,27-/m1/s1. The lowest BCUT2D eigenvalue weighted by atomic mass is 9.88. The number of carbonyl (C=O) groups excluding carboxylic acids is 1. The zero-order chi connectivity index (χ0) is 26.1. The topological polar surface area (TPSA) is 72.2 Å². The van der Waals surface area contributed by atoms with E-state index in [1.54, 1.807) is 13.0 Å². The van der Waals surface area contributed by atoms with Crippen molar-refractivity contribution in [1.29, 1.82) is 0 Å². The molecule has 0 aliphatic heterocycles. The van der Waals surface area contributed by atoms with E-state index in [4.69, 9.17) is 16.0 Å². The number of esters is 1. The number of aliphatic hydroxyl groups excluding tert-OH is 1. The summed E-state index contributed by atoms with van der Waals surface area (Å²) in [6.07, 6.45) is 3.10. The summed E-state index contributed by atoms with van der Waals surface area (Å²) in [7, 11) is 0. The van der Waals surface area contributed by atoms with Gasteiger partial charge in [0, 0.05) is 18.5 Å².